The van der Waals surface area contributed by atoms with Crippen LogP contribution in [0.1, 0.15) is 46.0 Å². The highest BCUT2D eigenvalue weighted by Gasteiger charge is 2.09. The van der Waals surface area contributed by atoms with Gasteiger partial charge in [-0.2, -0.15) is 0 Å². The highest BCUT2D eigenvalue weighted by molar-refractivity contribution is 5.78. The predicted molar refractivity (Wildman–Crippen MR) is 52.0 cm³/mol. The van der Waals surface area contributed by atoms with Gasteiger partial charge in [0.15, 0.2) is 0 Å². The van der Waals surface area contributed by atoms with Gasteiger partial charge in [0.25, 0.3) is 0 Å². The number of ketones is 1. The van der Waals surface area contributed by atoms with E-state index < -0.39 is 0 Å². The van der Waals surface area contributed by atoms with Gasteiger partial charge in [0.2, 0.25) is 0 Å². The number of hydrogen-bond donors (Lipinski definition) is 1. The standard InChI is InChI=1S/C10H21NO/c1-3-5-6-10(12)7-9(4-2)8-11/h9H,3-8,11H2,1-2H3. The summed E-state index contributed by atoms with van der Waals surface area (Å²) in [6, 6.07) is 0. The molecular weight excluding hydrogens is 150 g/mol. The second kappa shape index (κ2) is 7.29. The monoisotopic (exact) mass is 171 g/mol. The maximum Gasteiger partial charge on any atom is 0.133 e. The van der Waals surface area contributed by atoms with Crippen molar-refractivity contribution in [3.63, 3.8) is 0 Å². The fourth-order valence-corrected chi connectivity index (χ4v) is 1.19. The van der Waals surface area contributed by atoms with Gasteiger partial charge in [0.1, 0.15) is 5.78 Å². The highest BCUT2D eigenvalue weighted by Crippen LogP contribution is 2.09. The smallest absolute Gasteiger partial charge is 0.133 e. The lowest BCUT2D eigenvalue weighted by Gasteiger charge is -2.09. The van der Waals surface area contributed by atoms with E-state index in [0.29, 0.717) is 24.7 Å². The molecule has 2 N–H and O–H groups in total. The summed E-state index contributed by atoms with van der Waals surface area (Å²) in [4.78, 5) is 11.3. The van der Waals surface area contributed by atoms with Crippen molar-refractivity contribution in [1.82, 2.24) is 0 Å². The Balaban J connectivity index is 3.52. The first-order valence-corrected chi connectivity index (χ1v) is 4.96. The molecule has 0 aliphatic heterocycles. The van der Waals surface area contributed by atoms with Gasteiger partial charge in [-0.05, 0) is 18.9 Å². The van der Waals surface area contributed by atoms with Gasteiger partial charge in [-0.1, -0.05) is 26.7 Å². The summed E-state index contributed by atoms with van der Waals surface area (Å²) < 4.78 is 0. The van der Waals surface area contributed by atoms with E-state index >= 15 is 0 Å². The van der Waals surface area contributed by atoms with Crippen LogP contribution in [0.15, 0.2) is 0 Å². The number of carbonyl (C=O) groups is 1. The Kier molecular flexibility index (Phi) is 7.06. The van der Waals surface area contributed by atoms with E-state index in [2.05, 4.69) is 13.8 Å². The molecule has 1 unspecified atom stereocenters. The van der Waals surface area contributed by atoms with Gasteiger partial charge in [-0.3, -0.25) is 4.79 Å². The van der Waals surface area contributed by atoms with E-state index in [9.17, 15) is 4.79 Å². The Labute approximate surface area is 75.5 Å². The minimum Gasteiger partial charge on any atom is -0.330 e. The topological polar surface area (TPSA) is 43.1 Å². The van der Waals surface area contributed by atoms with E-state index in [1.54, 1.807) is 0 Å². The number of Topliss-reactive ketones (excluding diaryl/α,β-unsaturated/α-hetero) is 1. The normalized spacial score (nSPS) is 12.9. The van der Waals surface area contributed by atoms with Crippen molar-refractivity contribution in [2.45, 2.75) is 46.0 Å². The van der Waals surface area contributed by atoms with Crippen LogP contribution in [-0.2, 0) is 4.79 Å². The second-order valence-corrected chi connectivity index (χ2v) is 3.36. The van der Waals surface area contributed by atoms with Gasteiger partial charge < -0.3 is 5.73 Å². The van der Waals surface area contributed by atoms with Crippen molar-refractivity contribution in [2.24, 2.45) is 11.7 Å². The van der Waals surface area contributed by atoms with Crippen LogP contribution in [0.25, 0.3) is 0 Å². The van der Waals surface area contributed by atoms with Gasteiger partial charge in [-0.25, -0.2) is 0 Å². The molecule has 0 aliphatic carbocycles. The molecule has 0 spiro atoms. The first-order valence-electron chi connectivity index (χ1n) is 4.96. The lowest BCUT2D eigenvalue weighted by molar-refractivity contribution is -0.120. The van der Waals surface area contributed by atoms with Crippen molar-refractivity contribution in [1.29, 1.82) is 0 Å². The van der Waals surface area contributed by atoms with E-state index in [4.69, 9.17) is 5.73 Å². The van der Waals surface area contributed by atoms with Gasteiger partial charge in [-0.15, -0.1) is 0 Å². The third-order valence-electron chi connectivity index (χ3n) is 2.24. The van der Waals surface area contributed by atoms with Crippen LogP contribution >= 0.6 is 0 Å². The van der Waals surface area contributed by atoms with E-state index in [0.717, 1.165) is 25.7 Å². The lowest BCUT2D eigenvalue weighted by atomic mass is 9.97. The molecule has 72 valence electrons. The summed E-state index contributed by atoms with van der Waals surface area (Å²) in [7, 11) is 0. The number of hydrogen-bond acceptors (Lipinski definition) is 2. The summed E-state index contributed by atoms with van der Waals surface area (Å²) in [6.07, 6.45) is 4.58. The Morgan fingerprint density at radius 2 is 2.08 bits per heavy atom. The molecule has 1 atom stereocenters. The van der Waals surface area contributed by atoms with Crippen molar-refractivity contribution >= 4 is 5.78 Å². The summed E-state index contributed by atoms with van der Waals surface area (Å²) in [5.41, 5.74) is 5.51. The Morgan fingerprint density at radius 3 is 2.50 bits per heavy atom. The third-order valence-corrected chi connectivity index (χ3v) is 2.24. The summed E-state index contributed by atoms with van der Waals surface area (Å²) in [5.74, 6) is 0.795. The zero-order valence-corrected chi connectivity index (χ0v) is 8.31. The average molecular weight is 171 g/mol. The molecule has 0 amide bonds. The van der Waals surface area contributed by atoms with Crippen molar-refractivity contribution in [3.05, 3.63) is 0 Å². The fourth-order valence-electron chi connectivity index (χ4n) is 1.19. The largest absolute Gasteiger partial charge is 0.330 e. The van der Waals surface area contributed by atoms with Crippen LogP contribution in [0.4, 0.5) is 0 Å². The summed E-state index contributed by atoms with van der Waals surface area (Å²) >= 11 is 0. The van der Waals surface area contributed by atoms with E-state index in [1.165, 1.54) is 0 Å². The van der Waals surface area contributed by atoms with Crippen LogP contribution in [0, 0.1) is 5.92 Å². The van der Waals surface area contributed by atoms with Crippen molar-refractivity contribution in [2.75, 3.05) is 6.54 Å². The molecule has 0 fully saturated rings. The molecule has 0 rings (SSSR count). The molecule has 2 heteroatoms. The fraction of sp³-hybridized carbons (Fsp3) is 0.900. The Morgan fingerprint density at radius 1 is 1.42 bits per heavy atom. The maximum absolute atomic E-state index is 11.3. The van der Waals surface area contributed by atoms with Crippen LogP contribution in [0.3, 0.4) is 0 Å². The molecule has 0 aliphatic rings. The Hall–Kier alpha value is -0.370. The van der Waals surface area contributed by atoms with Crippen LogP contribution in [0.5, 0.6) is 0 Å². The van der Waals surface area contributed by atoms with Gasteiger partial charge in [0.05, 0.1) is 0 Å². The minimum absolute atomic E-state index is 0.383. The molecule has 12 heavy (non-hydrogen) atoms. The third kappa shape index (κ3) is 5.30. The molecule has 0 heterocycles. The average Bonchev–Trinajstić information content (AvgIpc) is 2.10. The van der Waals surface area contributed by atoms with Crippen LogP contribution in [0.2, 0.25) is 0 Å². The first-order chi connectivity index (χ1) is 5.74. The van der Waals surface area contributed by atoms with Crippen molar-refractivity contribution < 1.29 is 4.79 Å². The SMILES string of the molecule is CCCCC(=O)CC(CC)CN. The molecule has 0 aromatic heterocycles. The zero-order valence-electron chi connectivity index (χ0n) is 8.31. The van der Waals surface area contributed by atoms with E-state index in [-0.39, 0.29) is 0 Å². The quantitative estimate of drug-likeness (QED) is 0.637. The summed E-state index contributed by atoms with van der Waals surface area (Å²) in [6.45, 7) is 4.84. The van der Waals surface area contributed by atoms with Gasteiger partial charge >= 0.3 is 0 Å². The molecule has 2 nitrogen and oxygen atoms in total. The van der Waals surface area contributed by atoms with Crippen LogP contribution in [-0.4, -0.2) is 12.3 Å². The molecule has 0 radical (unpaired) electrons. The Bertz CT molecular complexity index is 119. The molecule has 0 aromatic rings. The summed E-state index contributed by atoms with van der Waals surface area (Å²) in [5, 5.41) is 0. The molecule has 0 saturated carbocycles. The molecular formula is C10H21NO. The zero-order chi connectivity index (χ0) is 9.40. The maximum atomic E-state index is 11.3. The van der Waals surface area contributed by atoms with Gasteiger partial charge in [0, 0.05) is 12.8 Å². The number of rotatable bonds is 7. The number of unbranched alkanes of at least 4 members (excludes halogenated alkanes) is 1. The number of nitrogens with two attached hydrogens (primary N) is 1. The second-order valence-electron chi connectivity index (χ2n) is 3.36. The molecule has 0 aromatic carbocycles. The number of carbonyl (C=O) groups excluding carboxylic acids is 1. The molecule has 0 bridgehead atoms. The van der Waals surface area contributed by atoms with Crippen molar-refractivity contribution in [3.8, 4) is 0 Å². The minimum atomic E-state index is 0.383. The van der Waals surface area contributed by atoms with E-state index in [1.807, 2.05) is 0 Å². The molecule has 0 saturated heterocycles. The highest BCUT2D eigenvalue weighted by atomic mass is 16.1. The van der Waals surface area contributed by atoms with Crippen LogP contribution < -0.4 is 5.73 Å². The first kappa shape index (κ1) is 11.6. The predicted octanol–water partition coefficient (Wildman–Crippen LogP) is 2.12. The lowest BCUT2D eigenvalue weighted by Crippen LogP contribution is -2.17.